The van der Waals surface area contributed by atoms with Crippen LogP contribution in [0, 0.1) is 6.92 Å². The number of hydrogen-bond donors (Lipinski definition) is 1. The van der Waals surface area contributed by atoms with Crippen LogP contribution in [0.4, 0.5) is 0 Å². The van der Waals surface area contributed by atoms with Gasteiger partial charge in [-0.3, -0.25) is 0 Å². The monoisotopic (exact) mass is 291 g/mol. The van der Waals surface area contributed by atoms with Crippen molar-refractivity contribution < 1.29 is 0 Å². The van der Waals surface area contributed by atoms with Gasteiger partial charge in [0.2, 0.25) is 0 Å². The molecule has 3 heteroatoms. The van der Waals surface area contributed by atoms with E-state index in [0.29, 0.717) is 0 Å². The van der Waals surface area contributed by atoms with Crippen molar-refractivity contribution in [2.24, 2.45) is 5.73 Å². The largest absolute Gasteiger partial charge is 0.328 e. The van der Waals surface area contributed by atoms with Crippen LogP contribution in [0.3, 0.4) is 0 Å². The molecule has 0 saturated carbocycles. The summed E-state index contributed by atoms with van der Waals surface area (Å²) in [5.74, 6) is 0. The van der Waals surface area contributed by atoms with Gasteiger partial charge in [-0.25, -0.2) is 0 Å². The lowest BCUT2D eigenvalue weighted by molar-refractivity contribution is 0.729. The highest BCUT2D eigenvalue weighted by Gasteiger charge is 2.08. The van der Waals surface area contributed by atoms with Crippen molar-refractivity contribution in [2.45, 2.75) is 36.1 Å². The first kappa shape index (κ1) is 14.4. The highest BCUT2D eigenvalue weighted by atomic mass is 35.5. The van der Waals surface area contributed by atoms with Crippen LogP contribution in [0.5, 0.6) is 0 Å². The Labute approximate surface area is 124 Å². The fraction of sp³-hybridized carbons (Fsp3) is 0.250. The Kier molecular flexibility index (Phi) is 4.92. The molecule has 0 amide bonds. The summed E-state index contributed by atoms with van der Waals surface area (Å²) in [7, 11) is 0. The molecule has 2 rings (SSSR count). The third-order valence-corrected chi connectivity index (χ3v) is 4.12. The first-order valence-electron chi connectivity index (χ1n) is 6.33. The molecular formula is C16H18ClNS. The standard InChI is InChI=1S/C16H18ClNS/c1-11-4-3-5-15(8-11)19-16-7-6-14(17)10-13(16)9-12(2)18/h3-8,10,12H,9,18H2,1-2H3. The van der Waals surface area contributed by atoms with E-state index in [4.69, 9.17) is 17.3 Å². The average Bonchev–Trinajstić information content (AvgIpc) is 2.32. The second-order valence-corrected chi connectivity index (χ2v) is 6.40. The van der Waals surface area contributed by atoms with E-state index in [1.54, 1.807) is 11.8 Å². The van der Waals surface area contributed by atoms with Crippen molar-refractivity contribution in [2.75, 3.05) is 0 Å². The Hall–Kier alpha value is -0.960. The van der Waals surface area contributed by atoms with Gasteiger partial charge in [0.1, 0.15) is 0 Å². The van der Waals surface area contributed by atoms with Crippen molar-refractivity contribution in [1.82, 2.24) is 0 Å². The summed E-state index contributed by atoms with van der Waals surface area (Å²) in [5, 5.41) is 0.768. The summed E-state index contributed by atoms with van der Waals surface area (Å²) in [6.07, 6.45) is 0.842. The molecule has 0 aliphatic rings. The van der Waals surface area contributed by atoms with Crippen LogP contribution in [0.2, 0.25) is 5.02 Å². The molecule has 0 aliphatic heterocycles. The van der Waals surface area contributed by atoms with E-state index in [1.165, 1.54) is 20.9 Å². The molecule has 1 nitrogen and oxygen atoms in total. The van der Waals surface area contributed by atoms with Gasteiger partial charge >= 0.3 is 0 Å². The van der Waals surface area contributed by atoms with Gasteiger partial charge in [-0.1, -0.05) is 41.1 Å². The van der Waals surface area contributed by atoms with Gasteiger partial charge in [0.25, 0.3) is 0 Å². The molecule has 19 heavy (non-hydrogen) atoms. The summed E-state index contributed by atoms with van der Waals surface area (Å²) >= 11 is 7.84. The predicted molar refractivity (Wildman–Crippen MR) is 84.1 cm³/mol. The molecule has 0 fully saturated rings. The van der Waals surface area contributed by atoms with Crippen LogP contribution in [-0.2, 0) is 6.42 Å². The summed E-state index contributed by atoms with van der Waals surface area (Å²) in [5.41, 5.74) is 8.40. The van der Waals surface area contributed by atoms with Gasteiger partial charge in [-0.15, -0.1) is 0 Å². The summed E-state index contributed by atoms with van der Waals surface area (Å²) in [6, 6.07) is 14.7. The topological polar surface area (TPSA) is 26.0 Å². The summed E-state index contributed by atoms with van der Waals surface area (Å²) in [4.78, 5) is 2.47. The molecular weight excluding hydrogens is 274 g/mol. The lowest BCUT2D eigenvalue weighted by atomic mass is 10.1. The lowest BCUT2D eigenvalue weighted by Crippen LogP contribution is -2.18. The van der Waals surface area contributed by atoms with Gasteiger partial charge < -0.3 is 5.73 Å². The third-order valence-electron chi connectivity index (χ3n) is 2.78. The molecule has 100 valence electrons. The zero-order valence-corrected chi connectivity index (χ0v) is 12.8. The Bertz CT molecular complexity index is 566. The maximum atomic E-state index is 6.08. The van der Waals surface area contributed by atoms with Gasteiger partial charge in [0, 0.05) is 20.9 Å². The average molecular weight is 292 g/mol. The molecule has 0 spiro atoms. The smallest absolute Gasteiger partial charge is 0.0409 e. The second-order valence-electron chi connectivity index (χ2n) is 4.85. The molecule has 0 aromatic heterocycles. The molecule has 0 bridgehead atoms. The molecule has 2 aromatic rings. The number of nitrogens with two attached hydrogens (primary N) is 1. The maximum absolute atomic E-state index is 6.08. The fourth-order valence-corrected chi connectivity index (χ4v) is 3.21. The molecule has 2 N–H and O–H groups in total. The summed E-state index contributed by atoms with van der Waals surface area (Å²) in [6.45, 7) is 4.12. The minimum Gasteiger partial charge on any atom is -0.328 e. The predicted octanol–water partition coefficient (Wildman–Crippen LogP) is 4.69. The Morgan fingerprint density at radius 2 is 2.00 bits per heavy atom. The summed E-state index contributed by atoms with van der Waals surface area (Å²) < 4.78 is 0. The molecule has 2 aromatic carbocycles. The Morgan fingerprint density at radius 3 is 2.68 bits per heavy atom. The van der Waals surface area contributed by atoms with Crippen LogP contribution in [-0.4, -0.2) is 6.04 Å². The highest BCUT2D eigenvalue weighted by molar-refractivity contribution is 7.99. The van der Waals surface area contributed by atoms with Crippen molar-refractivity contribution in [3.8, 4) is 0 Å². The van der Waals surface area contributed by atoms with Crippen molar-refractivity contribution in [3.63, 3.8) is 0 Å². The molecule has 0 saturated heterocycles. The number of hydrogen-bond acceptors (Lipinski definition) is 2. The second kappa shape index (κ2) is 6.47. The zero-order chi connectivity index (χ0) is 13.8. The fourth-order valence-electron chi connectivity index (χ4n) is 1.96. The Balaban J connectivity index is 2.28. The Morgan fingerprint density at radius 1 is 1.21 bits per heavy atom. The number of halogens is 1. The minimum atomic E-state index is 0.135. The van der Waals surface area contributed by atoms with Gasteiger partial charge in [-0.05, 0) is 56.2 Å². The first-order chi connectivity index (χ1) is 9.04. The number of aryl methyl sites for hydroxylation is 1. The van der Waals surface area contributed by atoms with E-state index >= 15 is 0 Å². The number of benzene rings is 2. The van der Waals surface area contributed by atoms with Crippen LogP contribution < -0.4 is 5.73 Å². The highest BCUT2D eigenvalue weighted by Crippen LogP contribution is 2.32. The van der Waals surface area contributed by atoms with E-state index in [0.717, 1.165) is 11.4 Å². The van der Waals surface area contributed by atoms with Crippen molar-refractivity contribution >= 4 is 23.4 Å². The van der Waals surface area contributed by atoms with Gasteiger partial charge in [-0.2, -0.15) is 0 Å². The SMILES string of the molecule is Cc1cccc(Sc2ccc(Cl)cc2CC(C)N)c1. The van der Waals surface area contributed by atoms with E-state index in [1.807, 2.05) is 19.1 Å². The van der Waals surface area contributed by atoms with E-state index in [2.05, 4.69) is 37.3 Å². The zero-order valence-electron chi connectivity index (χ0n) is 11.2. The van der Waals surface area contributed by atoms with Crippen LogP contribution in [0.1, 0.15) is 18.1 Å². The van der Waals surface area contributed by atoms with Crippen LogP contribution in [0.15, 0.2) is 52.3 Å². The molecule has 0 heterocycles. The van der Waals surface area contributed by atoms with E-state index in [-0.39, 0.29) is 6.04 Å². The van der Waals surface area contributed by atoms with Gasteiger partial charge in [0.15, 0.2) is 0 Å². The molecule has 0 aliphatic carbocycles. The van der Waals surface area contributed by atoms with Gasteiger partial charge in [0.05, 0.1) is 0 Å². The number of rotatable bonds is 4. The normalized spacial score (nSPS) is 12.4. The van der Waals surface area contributed by atoms with Crippen LogP contribution >= 0.6 is 23.4 Å². The van der Waals surface area contributed by atoms with E-state index < -0.39 is 0 Å². The first-order valence-corrected chi connectivity index (χ1v) is 7.52. The minimum absolute atomic E-state index is 0.135. The lowest BCUT2D eigenvalue weighted by Gasteiger charge is -2.12. The third kappa shape index (κ3) is 4.27. The molecule has 1 atom stereocenters. The van der Waals surface area contributed by atoms with Crippen molar-refractivity contribution in [1.29, 1.82) is 0 Å². The maximum Gasteiger partial charge on any atom is 0.0409 e. The molecule has 0 radical (unpaired) electrons. The van der Waals surface area contributed by atoms with Crippen molar-refractivity contribution in [3.05, 3.63) is 58.6 Å². The molecule has 1 unspecified atom stereocenters. The quantitative estimate of drug-likeness (QED) is 0.884. The van der Waals surface area contributed by atoms with E-state index in [9.17, 15) is 0 Å². The van der Waals surface area contributed by atoms with Crippen LogP contribution in [0.25, 0.3) is 0 Å².